The van der Waals surface area contributed by atoms with Crippen LogP contribution in [0.5, 0.6) is 11.5 Å². The van der Waals surface area contributed by atoms with Crippen molar-refractivity contribution in [3.63, 3.8) is 0 Å². The van der Waals surface area contributed by atoms with E-state index in [2.05, 4.69) is 16.9 Å². The van der Waals surface area contributed by atoms with Crippen LogP contribution in [-0.4, -0.2) is 28.9 Å². The summed E-state index contributed by atoms with van der Waals surface area (Å²) >= 11 is 1.39. The van der Waals surface area contributed by atoms with E-state index in [0.717, 1.165) is 17.9 Å². The summed E-state index contributed by atoms with van der Waals surface area (Å²) in [4.78, 5) is 17.9. The molecule has 118 valence electrons. The molecule has 0 atom stereocenters. The first-order valence-corrected chi connectivity index (χ1v) is 8.01. The number of ether oxygens (including phenoxy) is 2. The van der Waals surface area contributed by atoms with Gasteiger partial charge in [-0.2, -0.15) is 0 Å². The van der Waals surface area contributed by atoms with Crippen molar-refractivity contribution in [2.24, 2.45) is 0 Å². The van der Waals surface area contributed by atoms with Crippen LogP contribution in [0.1, 0.15) is 13.3 Å². The van der Waals surface area contributed by atoms with E-state index in [1.54, 1.807) is 0 Å². The Morgan fingerprint density at radius 3 is 2.41 bits per heavy atom. The monoisotopic (exact) mass is 321 g/mol. The number of hydrogen-bond donors (Lipinski definition) is 2. The highest BCUT2D eigenvalue weighted by molar-refractivity contribution is 7.99. The summed E-state index contributed by atoms with van der Waals surface area (Å²) in [6, 6.07) is 8.76. The fourth-order valence-corrected chi connectivity index (χ4v) is 2.37. The van der Waals surface area contributed by atoms with Crippen LogP contribution in [0.4, 0.5) is 5.82 Å². The van der Waals surface area contributed by atoms with Crippen molar-refractivity contribution in [3.8, 4) is 11.5 Å². The second kappa shape index (κ2) is 8.33. The van der Waals surface area contributed by atoms with E-state index in [4.69, 9.17) is 15.2 Å². The lowest BCUT2D eigenvalue weighted by atomic mass is 10.3. The van der Waals surface area contributed by atoms with Gasteiger partial charge in [-0.15, -0.1) is 0 Å². The first kappa shape index (κ1) is 16.2. The minimum absolute atomic E-state index is 0.217. The summed E-state index contributed by atoms with van der Waals surface area (Å²) in [6.07, 6.45) is 0.982. The molecule has 1 heterocycles. The Bertz CT molecular complexity index is 643. The third kappa shape index (κ3) is 5.33. The van der Waals surface area contributed by atoms with Gasteiger partial charge in [0.25, 0.3) is 5.56 Å². The Kier molecular flexibility index (Phi) is 6.14. The van der Waals surface area contributed by atoms with Crippen LogP contribution in [0.3, 0.4) is 0 Å². The normalized spacial score (nSPS) is 10.4. The van der Waals surface area contributed by atoms with Crippen molar-refractivity contribution < 1.29 is 9.47 Å². The van der Waals surface area contributed by atoms with E-state index in [0.29, 0.717) is 24.1 Å². The van der Waals surface area contributed by atoms with Gasteiger partial charge in [0.1, 0.15) is 17.3 Å². The van der Waals surface area contributed by atoms with Crippen molar-refractivity contribution in [1.29, 1.82) is 0 Å². The second-order valence-corrected chi connectivity index (χ2v) is 5.58. The van der Waals surface area contributed by atoms with Crippen LogP contribution in [-0.2, 0) is 0 Å². The maximum Gasteiger partial charge on any atom is 0.253 e. The molecule has 2 aromatic rings. The Balaban J connectivity index is 1.75. The lowest BCUT2D eigenvalue weighted by Gasteiger charge is -2.08. The smallest absolute Gasteiger partial charge is 0.253 e. The molecule has 1 aromatic carbocycles. The van der Waals surface area contributed by atoms with Gasteiger partial charge >= 0.3 is 0 Å². The molecule has 2 rings (SSSR count). The molecule has 0 amide bonds. The average molecular weight is 321 g/mol. The number of nitrogens with one attached hydrogen (secondary N) is 1. The van der Waals surface area contributed by atoms with Crippen molar-refractivity contribution in [2.75, 3.05) is 24.7 Å². The van der Waals surface area contributed by atoms with Gasteiger partial charge in [-0.1, -0.05) is 18.7 Å². The van der Waals surface area contributed by atoms with E-state index < -0.39 is 0 Å². The molecule has 22 heavy (non-hydrogen) atoms. The largest absolute Gasteiger partial charge is 0.494 e. The summed E-state index contributed by atoms with van der Waals surface area (Å²) in [5, 5.41) is 0.497. The predicted octanol–water partition coefficient (Wildman–Crippen LogP) is 2.31. The van der Waals surface area contributed by atoms with Gasteiger partial charge in [-0.25, -0.2) is 4.98 Å². The first-order chi connectivity index (χ1) is 10.7. The number of aromatic amines is 1. The fraction of sp³-hybridized carbons (Fsp3) is 0.333. The SMILES string of the molecule is CCCOc1ccc(OCCSc2nc(N)cc(=O)[nH]2)cc1. The number of nitrogens with zero attached hydrogens (tertiary/aromatic N) is 1. The zero-order valence-corrected chi connectivity index (χ0v) is 13.2. The number of aromatic nitrogens is 2. The lowest BCUT2D eigenvalue weighted by molar-refractivity contribution is 0.314. The lowest BCUT2D eigenvalue weighted by Crippen LogP contribution is -2.10. The highest BCUT2D eigenvalue weighted by Gasteiger charge is 2.01. The quantitative estimate of drug-likeness (QED) is 0.440. The summed E-state index contributed by atoms with van der Waals surface area (Å²) in [7, 11) is 0. The molecular weight excluding hydrogens is 302 g/mol. The number of benzene rings is 1. The fourth-order valence-electron chi connectivity index (χ4n) is 1.67. The second-order valence-electron chi connectivity index (χ2n) is 4.49. The number of nitrogen functional groups attached to an aromatic ring is 1. The third-order valence-corrected chi connectivity index (χ3v) is 3.46. The number of nitrogens with two attached hydrogens (primary N) is 1. The van der Waals surface area contributed by atoms with E-state index >= 15 is 0 Å². The molecule has 6 nitrogen and oxygen atoms in total. The average Bonchev–Trinajstić information content (AvgIpc) is 2.50. The molecule has 0 unspecified atom stereocenters. The molecule has 7 heteroatoms. The summed E-state index contributed by atoms with van der Waals surface area (Å²) in [5.41, 5.74) is 5.26. The molecule has 0 aliphatic heterocycles. The predicted molar refractivity (Wildman–Crippen MR) is 87.7 cm³/mol. The third-order valence-electron chi connectivity index (χ3n) is 2.63. The molecular formula is C15H19N3O3S. The van der Waals surface area contributed by atoms with Gasteiger partial charge in [-0.3, -0.25) is 4.79 Å². The van der Waals surface area contributed by atoms with Gasteiger partial charge in [0.15, 0.2) is 5.16 Å². The van der Waals surface area contributed by atoms with Crippen molar-refractivity contribution >= 4 is 17.6 Å². The van der Waals surface area contributed by atoms with Crippen molar-refractivity contribution in [1.82, 2.24) is 9.97 Å². The van der Waals surface area contributed by atoms with Crippen LogP contribution >= 0.6 is 11.8 Å². The van der Waals surface area contributed by atoms with Gasteiger partial charge in [0, 0.05) is 11.8 Å². The molecule has 0 aliphatic rings. The van der Waals surface area contributed by atoms with Crippen LogP contribution in [0.15, 0.2) is 40.3 Å². The Morgan fingerprint density at radius 2 is 1.82 bits per heavy atom. The minimum Gasteiger partial charge on any atom is -0.494 e. The Morgan fingerprint density at radius 1 is 1.18 bits per heavy atom. The topological polar surface area (TPSA) is 90.2 Å². The number of rotatable bonds is 8. The van der Waals surface area contributed by atoms with Crippen LogP contribution in [0, 0.1) is 0 Å². The maximum absolute atomic E-state index is 11.2. The van der Waals surface area contributed by atoms with Gasteiger partial charge < -0.3 is 20.2 Å². The summed E-state index contributed by atoms with van der Waals surface area (Å²) in [5.74, 6) is 2.49. The molecule has 1 aromatic heterocycles. The van der Waals surface area contributed by atoms with Gasteiger partial charge in [0.05, 0.1) is 13.2 Å². The summed E-state index contributed by atoms with van der Waals surface area (Å²) in [6.45, 7) is 3.28. The van der Waals surface area contributed by atoms with Gasteiger partial charge in [-0.05, 0) is 30.7 Å². The Hall–Kier alpha value is -2.15. The zero-order chi connectivity index (χ0) is 15.8. The molecule has 0 radical (unpaired) electrons. The standard InChI is InChI=1S/C15H19N3O3S/c1-2-7-20-11-3-5-12(6-4-11)21-8-9-22-15-17-13(16)10-14(19)18-15/h3-6,10H,2,7-9H2,1H3,(H3,16,17,18,19). The maximum atomic E-state index is 11.2. The Labute approximate surface area is 133 Å². The van der Waals surface area contributed by atoms with Crippen molar-refractivity contribution in [2.45, 2.75) is 18.5 Å². The van der Waals surface area contributed by atoms with Crippen molar-refractivity contribution in [3.05, 3.63) is 40.7 Å². The number of H-pyrrole nitrogens is 1. The minimum atomic E-state index is -0.251. The number of anilines is 1. The van der Waals surface area contributed by atoms with Crippen LogP contribution in [0.25, 0.3) is 0 Å². The highest BCUT2D eigenvalue weighted by atomic mass is 32.2. The molecule has 0 saturated heterocycles. The molecule has 0 fully saturated rings. The summed E-state index contributed by atoms with van der Waals surface area (Å²) < 4.78 is 11.1. The number of hydrogen-bond acceptors (Lipinski definition) is 6. The molecule has 0 aliphatic carbocycles. The van der Waals surface area contributed by atoms with Gasteiger partial charge in [0.2, 0.25) is 0 Å². The number of thioether (sulfide) groups is 1. The first-order valence-electron chi connectivity index (χ1n) is 7.02. The molecule has 0 spiro atoms. The van der Waals surface area contributed by atoms with Crippen LogP contribution < -0.4 is 20.8 Å². The van der Waals surface area contributed by atoms with E-state index in [1.165, 1.54) is 17.8 Å². The zero-order valence-electron chi connectivity index (χ0n) is 12.4. The highest BCUT2D eigenvalue weighted by Crippen LogP contribution is 2.18. The molecule has 0 saturated carbocycles. The van der Waals surface area contributed by atoms with E-state index in [9.17, 15) is 4.79 Å². The van der Waals surface area contributed by atoms with E-state index in [1.807, 2.05) is 24.3 Å². The molecule has 3 N–H and O–H groups in total. The van der Waals surface area contributed by atoms with Crippen LogP contribution in [0.2, 0.25) is 0 Å². The van der Waals surface area contributed by atoms with E-state index in [-0.39, 0.29) is 11.4 Å². The molecule has 0 bridgehead atoms.